The van der Waals surface area contributed by atoms with E-state index in [1.165, 1.54) is 26.4 Å². The second-order valence-corrected chi connectivity index (χ2v) is 3.19. The molecule has 0 fully saturated rings. The van der Waals surface area contributed by atoms with Gasteiger partial charge in [-0.05, 0) is 12.1 Å². The number of ether oxygens (including phenoxy) is 3. The zero-order chi connectivity index (χ0) is 12.8. The van der Waals surface area contributed by atoms with E-state index in [2.05, 4.69) is 0 Å². The number of benzene rings is 1. The maximum Gasteiger partial charge on any atom is 0.255 e. The highest BCUT2D eigenvalue weighted by Crippen LogP contribution is 2.21. The van der Waals surface area contributed by atoms with Gasteiger partial charge in [0.05, 0.1) is 0 Å². The van der Waals surface area contributed by atoms with Gasteiger partial charge in [-0.3, -0.25) is 4.79 Å². The van der Waals surface area contributed by atoms with Crippen molar-refractivity contribution >= 4 is 5.91 Å². The van der Waals surface area contributed by atoms with Gasteiger partial charge in [-0.2, -0.15) is 0 Å². The smallest absolute Gasteiger partial charge is 0.255 e. The number of rotatable bonds is 6. The second kappa shape index (κ2) is 6.17. The number of methoxy groups -OCH3 is 2. The fourth-order valence-corrected chi connectivity index (χ4v) is 1.25. The highest BCUT2D eigenvalue weighted by atomic mass is 19.1. The first-order valence-electron chi connectivity index (χ1n) is 4.86. The molecule has 0 bridgehead atoms. The Bertz CT molecular complexity index is 393. The van der Waals surface area contributed by atoms with E-state index < -0.39 is 18.0 Å². The standard InChI is InChI=1S/C11H14FNO4/c1-15-9(16-2)6-17-8-5-3-4-7(12)10(8)11(13)14/h3-5,9H,6H2,1-2H3,(H2,13,14). The molecule has 94 valence electrons. The van der Waals surface area contributed by atoms with Crippen LogP contribution in [-0.2, 0) is 9.47 Å². The molecule has 0 radical (unpaired) electrons. The van der Waals surface area contributed by atoms with Crippen molar-refractivity contribution in [3.05, 3.63) is 29.6 Å². The van der Waals surface area contributed by atoms with E-state index in [1.54, 1.807) is 0 Å². The Balaban J connectivity index is 2.84. The van der Waals surface area contributed by atoms with Gasteiger partial charge in [0.2, 0.25) is 0 Å². The molecule has 1 amide bonds. The lowest BCUT2D eigenvalue weighted by Crippen LogP contribution is -2.23. The minimum atomic E-state index is -0.885. The SMILES string of the molecule is COC(COc1cccc(F)c1C(N)=O)OC. The molecular formula is C11H14FNO4. The summed E-state index contributed by atoms with van der Waals surface area (Å²) in [6.07, 6.45) is -0.598. The summed E-state index contributed by atoms with van der Waals surface area (Å²) >= 11 is 0. The molecular weight excluding hydrogens is 229 g/mol. The van der Waals surface area contributed by atoms with Crippen LogP contribution in [0.15, 0.2) is 18.2 Å². The van der Waals surface area contributed by atoms with E-state index in [1.807, 2.05) is 0 Å². The van der Waals surface area contributed by atoms with E-state index in [-0.39, 0.29) is 17.9 Å². The number of amides is 1. The van der Waals surface area contributed by atoms with Gasteiger partial charge < -0.3 is 19.9 Å². The normalized spacial score (nSPS) is 10.6. The van der Waals surface area contributed by atoms with Crippen LogP contribution in [-0.4, -0.2) is 33.0 Å². The van der Waals surface area contributed by atoms with E-state index in [9.17, 15) is 9.18 Å². The van der Waals surface area contributed by atoms with Gasteiger partial charge in [0.1, 0.15) is 23.7 Å². The molecule has 5 nitrogen and oxygen atoms in total. The van der Waals surface area contributed by atoms with Gasteiger partial charge >= 0.3 is 0 Å². The van der Waals surface area contributed by atoms with Gasteiger partial charge in [0.25, 0.3) is 5.91 Å². The summed E-state index contributed by atoms with van der Waals surface area (Å²) in [6, 6.07) is 4.01. The second-order valence-electron chi connectivity index (χ2n) is 3.19. The molecule has 17 heavy (non-hydrogen) atoms. The quantitative estimate of drug-likeness (QED) is 0.754. The Hall–Kier alpha value is -1.66. The maximum absolute atomic E-state index is 13.3. The fraction of sp³-hybridized carbons (Fsp3) is 0.364. The van der Waals surface area contributed by atoms with Crippen molar-refractivity contribution in [1.82, 2.24) is 0 Å². The lowest BCUT2D eigenvalue weighted by Gasteiger charge is -2.15. The van der Waals surface area contributed by atoms with Crippen molar-refractivity contribution < 1.29 is 23.4 Å². The molecule has 1 rings (SSSR count). The van der Waals surface area contributed by atoms with Gasteiger partial charge in [-0.15, -0.1) is 0 Å². The van der Waals surface area contributed by atoms with Crippen LogP contribution in [0.5, 0.6) is 5.75 Å². The number of hydrogen-bond acceptors (Lipinski definition) is 4. The van der Waals surface area contributed by atoms with Crippen molar-refractivity contribution in [2.75, 3.05) is 20.8 Å². The summed E-state index contributed by atoms with van der Waals surface area (Å²) in [5, 5.41) is 0. The molecule has 1 aromatic rings. The van der Waals surface area contributed by atoms with Crippen molar-refractivity contribution in [3.63, 3.8) is 0 Å². The summed E-state index contributed by atoms with van der Waals surface area (Å²) in [4.78, 5) is 11.1. The number of primary amides is 1. The minimum Gasteiger partial charge on any atom is -0.487 e. The first-order valence-corrected chi connectivity index (χ1v) is 4.86. The first kappa shape index (κ1) is 13.4. The Morgan fingerprint density at radius 1 is 1.41 bits per heavy atom. The first-order chi connectivity index (χ1) is 8.10. The molecule has 1 aromatic carbocycles. The molecule has 0 spiro atoms. The van der Waals surface area contributed by atoms with Gasteiger partial charge in [0.15, 0.2) is 6.29 Å². The number of halogens is 1. The number of hydrogen-bond donors (Lipinski definition) is 1. The maximum atomic E-state index is 13.3. The topological polar surface area (TPSA) is 70.8 Å². The Kier molecular flexibility index (Phi) is 4.86. The summed E-state index contributed by atoms with van der Waals surface area (Å²) in [7, 11) is 2.89. The molecule has 0 aliphatic rings. The lowest BCUT2D eigenvalue weighted by molar-refractivity contribution is -0.122. The molecule has 0 unspecified atom stereocenters. The predicted octanol–water partition coefficient (Wildman–Crippen LogP) is 0.922. The third-order valence-corrected chi connectivity index (χ3v) is 2.12. The van der Waals surface area contributed by atoms with Crippen LogP contribution in [0.1, 0.15) is 10.4 Å². The Morgan fingerprint density at radius 2 is 2.06 bits per heavy atom. The van der Waals surface area contributed by atoms with Crippen molar-refractivity contribution in [1.29, 1.82) is 0 Å². The van der Waals surface area contributed by atoms with E-state index in [4.69, 9.17) is 19.9 Å². The van der Waals surface area contributed by atoms with Gasteiger partial charge in [-0.25, -0.2) is 4.39 Å². The molecule has 6 heteroatoms. The van der Waals surface area contributed by atoms with Crippen LogP contribution in [0.2, 0.25) is 0 Å². The highest BCUT2D eigenvalue weighted by molar-refractivity contribution is 5.95. The Labute approximate surface area is 98.3 Å². The van der Waals surface area contributed by atoms with E-state index >= 15 is 0 Å². The Morgan fingerprint density at radius 3 is 2.59 bits per heavy atom. The van der Waals surface area contributed by atoms with E-state index in [0.29, 0.717) is 0 Å². The number of carbonyl (C=O) groups excluding carboxylic acids is 1. The average molecular weight is 243 g/mol. The fourth-order valence-electron chi connectivity index (χ4n) is 1.25. The largest absolute Gasteiger partial charge is 0.487 e. The molecule has 2 N–H and O–H groups in total. The zero-order valence-electron chi connectivity index (χ0n) is 9.60. The third-order valence-electron chi connectivity index (χ3n) is 2.12. The van der Waals surface area contributed by atoms with Crippen LogP contribution in [0, 0.1) is 5.82 Å². The van der Waals surface area contributed by atoms with Crippen molar-refractivity contribution in [2.24, 2.45) is 5.73 Å². The third kappa shape index (κ3) is 3.40. The number of nitrogens with two attached hydrogens (primary N) is 1. The summed E-state index contributed by atoms with van der Waals surface area (Å²) in [6.45, 7) is 0.0245. The van der Waals surface area contributed by atoms with Crippen LogP contribution >= 0.6 is 0 Å². The van der Waals surface area contributed by atoms with Crippen LogP contribution < -0.4 is 10.5 Å². The minimum absolute atomic E-state index is 0.0245. The van der Waals surface area contributed by atoms with Crippen LogP contribution in [0.3, 0.4) is 0 Å². The monoisotopic (exact) mass is 243 g/mol. The van der Waals surface area contributed by atoms with Gasteiger partial charge in [-0.1, -0.05) is 6.07 Å². The molecule has 0 aliphatic heterocycles. The van der Waals surface area contributed by atoms with Crippen LogP contribution in [0.25, 0.3) is 0 Å². The van der Waals surface area contributed by atoms with Crippen molar-refractivity contribution in [3.8, 4) is 5.75 Å². The summed E-state index contributed by atoms with van der Waals surface area (Å²) in [5.41, 5.74) is 4.79. The highest BCUT2D eigenvalue weighted by Gasteiger charge is 2.16. The lowest BCUT2D eigenvalue weighted by atomic mass is 10.2. The summed E-state index contributed by atoms with van der Waals surface area (Å²) < 4.78 is 28.4. The molecule has 0 saturated heterocycles. The van der Waals surface area contributed by atoms with Crippen molar-refractivity contribution in [2.45, 2.75) is 6.29 Å². The molecule has 0 atom stereocenters. The summed E-state index contributed by atoms with van der Waals surface area (Å²) in [5.74, 6) is -1.54. The predicted molar refractivity (Wildman–Crippen MR) is 58.2 cm³/mol. The van der Waals surface area contributed by atoms with E-state index in [0.717, 1.165) is 6.07 Å². The van der Waals surface area contributed by atoms with Crippen LogP contribution in [0.4, 0.5) is 4.39 Å². The molecule has 0 saturated carbocycles. The zero-order valence-corrected chi connectivity index (χ0v) is 9.60. The molecule has 0 heterocycles. The van der Waals surface area contributed by atoms with Gasteiger partial charge in [0, 0.05) is 14.2 Å². The number of carbonyl (C=O) groups is 1. The average Bonchev–Trinajstić information content (AvgIpc) is 2.29. The molecule has 0 aromatic heterocycles. The molecule has 0 aliphatic carbocycles.